The molecule has 0 bridgehead atoms. The number of nitrogen functional groups attached to an aromatic ring is 1. The molecule has 0 aliphatic carbocycles. The molecule has 1 heterocycles. The van der Waals surface area contributed by atoms with Crippen LogP contribution in [0.25, 0.3) is 0 Å². The standard InChI is InChI=1S/C11H9Br2N3O2S/c12-8-6-7(3-4-9(8)14)19(17,18)16-10-2-1-5-15-11(10)13/h1-6,16H,14H2. The van der Waals surface area contributed by atoms with Gasteiger partial charge in [-0.1, -0.05) is 0 Å². The number of rotatable bonds is 3. The molecule has 2 aromatic rings. The highest BCUT2D eigenvalue weighted by atomic mass is 79.9. The first kappa shape index (κ1) is 14.3. The molecule has 0 atom stereocenters. The van der Waals surface area contributed by atoms with E-state index in [1.807, 2.05) is 0 Å². The normalized spacial score (nSPS) is 11.3. The van der Waals surface area contributed by atoms with Gasteiger partial charge < -0.3 is 5.73 Å². The summed E-state index contributed by atoms with van der Waals surface area (Å²) < 4.78 is 27.8. The van der Waals surface area contributed by atoms with E-state index in [4.69, 9.17) is 5.73 Å². The first-order valence-electron chi connectivity index (χ1n) is 5.08. The monoisotopic (exact) mass is 405 g/mol. The van der Waals surface area contributed by atoms with E-state index in [0.29, 0.717) is 20.5 Å². The minimum Gasteiger partial charge on any atom is -0.398 e. The van der Waals surface area contributed by atoms with E-state index in [1.54, 1.807) is 18.3 Å². The van der Waals surface area contributed by atoms with E-state index >= 15 is 0 Å². The number of sulfonamides is 1. The van der Waals surface area contributed by atoms with Crippen LogP contribution in [0.3, 0.4) is 0 Å². The third-order valence-electron chi connectivity index (χ3n) is 2.29. The van der Waals surface area contributed by atoms with Crippen LogP contribution in [0.1, 0.15) is 0 Å². The van der Waals surface area contributed by atoms with Gasteiger partial charge in [0.25, 0.3) is 10.0 Å². The lowest BCUT2D eigenvalue weighted by atomic mass is 10.3. The van der Waals surface area contributed by atoms with Crippen LogP contribution in [0.5, 0.6) is 0 Å². The summed E-state index contributed by atoms with van der Waals surface area (Å²) in [5.41, 5.74) is 6.47. The summed E-state index contributed by atoms with van der Waals surface area (Å²) in [7, 11) is -3.68. The van der Waals surface area contributed by atoms with E-state index < -0.39 is 10.0 Å². The van der Waals surface area contributed by atoms with Crippen LogP contribution in [-0.2, 0) is 10.0 Å². The van der Waals surface area contributed by atoms with Crippen molar-refractivity contribution >= 4 is 53.3 Å². The molecule has 0 spiro atoms. The van der Waals surface area contributed by atoms with Crippen molar-refractivity contribution in [1.82, 2.24) is 4.98 Å². The van der Waals surface area contributed by atoms with E-state index in [1.165, 1.54) is 18.2 Å². The van der Waals surface area contributed by atoms with Gasteiger partial charge in [-0.3, -0.25) is 4.72 Å². The SMILES string of the molecule is Nc1ccc(S(=O)(=O)Nc2cccnc2Br)cc1Br. The third kappa shape index (κ3) is 3.26. The highest BCUT2D eigenvalue weighted by molar-refractivity contribution is 9.10. The summed E-state index contributed by atoms with van der Waals surface area (Å²) in [5, 5.41) is 0. The first-order valence-corrected chi connectivity index (χ1v) is 8.15. The molecule has 0 amide bonds. The molecule has 2 rings (SSSR count). The number of hydrogen-bond donors (Lipinski definition) is 2. The van der Waals surface area contributed by atoms with Gasteiger partial charge in [0.2, 0.25) is 0 Å². The smallest absolute Gasteiger partial charge is 0.262 e. The Balaban J connectivity index is 2.38. The number of benzene rings is 1. The van der Waals surface area contributed by atoms with Crippen LogP contribution in [0, 0.1) is 0 Å². The summed E-state index contributed by atoms with van der Waals surface area (Å²) in [6, 6.07) is 7.66. The quantitative estimate of drug-likeness (QED) is 0.606. The predicted molar refractivity (Wildman–Crippen MR) is 81.3 cm³/mol. The first-order chi connectivity index (χ1) is 8.90. The van der Waals surface area contributed by atoms with Gasteiger partial charge in [-0.15, -0.1) is 0 Å². The van der Waals surface area contributed by atoms with Crippen molar-refractivity contribution in [2.24, 2.45) is 0 Å². The fourth-order valence-electron chi connectivity index (χ4n) is 1.34. The van der Waals surface area contributed by atoms with E-state index in [2.05, 4.69) is 41.6 Å². The highest BCUT2D eigenvalue weighted by Gasteiger charge is 2.16. The summed E-state index contributed by atoms with van der Waals surface area (Å²) >= 11 is 6.38. The van der Waals surface area contributed by atoms with Gasteiger partial charge >= 0.3 is 0 Å². The van der Waals surface area contributed by atoms with Crippen molar-refractivity contribution in [3.05, 3.63) is 45.6 Å². The van der Waals surface area contributed by atoms with E-state index in [0.717, 1.165) is 0 Å². The van der Waals surface area contributed by atoms with E-state index in [9.17, 15) is 8.42 Å². The zero-order valence-electron chi connectivity index (χ0n) is 9.47. The van der Waals surface area contributed by atoms with Crippen LogP contribution in [0.15, 0.2) is 50.5 Å². The number of nitrogens with two attached hydrogens (primary N) is 1. The average molecular weight is 407 g/mol. The summed E-state index contributed by atoms with van der Waals surface area (Å²) in [4.78, 5) is 4.06. The molecule has 3 N–H and O–H groups in total. The van der Waals surface area contributed by atoms with Gasteiger partial charge in [0, 0.05) is 16.4 Å². The van der Waals surface area contributed by atoms with Gasteiger partial charge in [-0.05, 0) is 62.2 Å². The number of hydrogen-bond acceptors (Lipinski definition) is 4. The summed E-state index contributed by atoms with van der Waals surface area (Å²) in [5.74, 6) is 0. The molecule has 0 aliphatic heterocycles. The van der Waals surface area contributed by atoms with Crippen LogP contribution in [0.2, 0.25) is 0 Å². The van der Waals surface area contributed by atoms with E-state index in [-0.39, 0.29) is 4.90 Å². The van der Waals surface area contributed by atoms with Gasteiger partial charge in [0.05, 0.1) is 10.6 Å². The van der Waals surface area contributed by atoms with Crippen LogP contribution < -0.4 is 10.5 Å². The summed E-state index contributed by atoms with van der Waals surface area (Å²) in [6.45, 7) is 0. The van der Waals surface area contributed by atoms with Crippen molar-refractivity contribution in [3.63, 3.8) is 0 Å². The number of halogens is 2. The lowest BCUT2D eigenvalue weighted by molar-refractivity contribution is 0.601. The topological polar surface area (TPSA) is 85.1 Å². The Kier molecular flexibility index (Phi) is 4.12. The van der Waals surface area contributed by atoms with Gasteiger partial charge in [-0.2, -0.15) is 0 Å². The molecule has 0 radical (unpaired) electrons. The maximum atomic E-state index is 12.2. The number of pyridine rings is 1. The van der Waals surface area contributed by atoms with Crippen molar-refractivity contribution < 1.29 is 8.42 Å². The predicted octanol–water partition coefficient (Wildman–Crippen LogP) is 2.99. The second-order valence-electron chi connectivity index (χ2n) is 3.63. The molecule has 8 heteroatoms. The fourth-order valence-corrected chi connectivity index (χ4v) is 3.44. The van der Waals surface area contributed by atoms with Crippen molar-refractivity contribution in [2.75, 3.05) is 10.5 Å². The Labute approximate surface area is 127 Å². The molecular weight excluding hydrogens is 398 g/mol. The largest absolute Gasteiger partial charge is 0.398 e. The second kappa shape index (κ2) is 5.48. The zero-order valence-corrected chi connectivity index (χ0v) is 13.5. The molecule has 0 aliphatic rings. The summed E-state index contributed by atoms with van der Waals surface area (Å²) in [6.07, 6.45) is 1.56. The Bertz CT molecular complexity index is 720. The molecule has 5 nitrogen and oxygen atoms in total. The maximum absolute atomic E-state index is 12.2. The van der Waals surface area contributed by atoms with Gasteiger partial charge in [0.15, 0.2) is 0 Å². The minimum absolute atomic E-state index is 0.115. The second-order valence-corrected chi connectivity index (χ2v) is 6.92. The van der Waals surface area contributed by atoms with Crippen LogP contribution in [-0.4, -0.2) is 13.4 Å². The molecule has 1 aromatic carbocycles. The number of aromatic nitrogens is 1. The van der Waals surface area contributed by atoms with Crippen molar-refractivity contribution in [3.8, 4) is 0 Å². The van der Waals surface area contributed by atoms with Crippen molar-refractivity contribution in [2.45, 2.75) is 4.90 Å². The highest BCUT2D eigenvalue weighted by Crippen LogP contribution is 2.26. The van der Waals surface area contributed by atoms with Crippen LogP contribution in [0.4, 0.5) is 11.4 Å². The van der Waals surface area contributed by atoms with Crippen molar-refractivity contribution in [1.29, 1.82) is 0 Å². The van der Waals surface area contributed by atoms with Gasteiger partial charge in [0.1, 0.15) is 4.60 Å². The maximum Gasteiger partial charge on any atom is 0.262 e. The fraction of sp³-hybridized carbons (Fsp3) is 0. The number of nitrogens with one attached hydrogen (secondary N) is 1. The van der Waals surface area contributed by atoms with Crippen LogP contribution >= 0.6 is 31.9 Å². The molecule has 0 saturated carbocycles. The van der Waals surface area contributed by atoms with Gasteiger partial charge in [-0.25, -0.2) is 13.4 Å². The molecule has 0 unspecified atom stereocenters. The Hall–Kier alpha value is -1.12. The lowest BCUT2D eigenvalue weighted by Gasteiger charge is -2.09. The number of nitrogens with zero attached hydrogens (tertiary/aromatic N) is 1. The molecule has 100 valence electrons. The molecule has 1 aromatic heterocycles. The molecular formula is C11H9Br2N3O2S. The average Bonchev–Trinajstić information content (AvgIpc) is 2.35. The molecule has 0 saturated heterocycles. The number of anilines is 2. The minimum atomic E-state index is -3.68. The Morgan fingerprint density at radius 2 is 1.95 bits per heavy atom. The zero-order chi connectivity index (χ0) is 14.0. The Morgan fingerprint density at radius 3 is 2.58 bits per heavy atom. The third-order valence-corrected chi connectivity index (χ3v) is 4.97. The molecule has 19 heavy (non-hydrogen) atoms. The molecule has 0 fully saturated rings. The lowest BCUT2D eigenvalue weighted by Crippen LogP contribution is -2.13. The Morgan fingerprint density at radius 1 is 1.21 bits per heavy atom.